The Bertz CT molecular complexity index is 868. The van der Waals surface area contributed by atoms with Crippen molar-refractivity contribution in [3.05, 3.63) is 59.9 Å². The molecule has 27 heavy (non-hydrogen) atoms. The van der Waals surface area contributed by atoms with Crippen molar-refractivity contribution in [1.82, 2.24) is 10.6 Å². The van der Waals surface area contributed by atoms with Crippen LogP contribution in [-0.2, 0) is 16.3 Å². The zero-order valence-corrected chi connectivity index (χ0v) is 16.2. The van der Waals surface area contributed by atoms with E-state index in [1.54, 1.807) is 14.2 Å². The molecule has 0 atom stereocenters. The summed E-state index contributed by atoms with van der Waals surface area (Å²) in [5.74, 6) is 0.333. The summed E-state index contributed by atoms with van der Waals surface area (Å²) in [4.78, 5) is 3.78. The monoisotopic (exact) mass is 393 g/mol. The van der Waals surface area contributed by atoms with Crippen LogP contribution in [-0.4, -0.2) is 47.4 Å². The highest BCUT2D eigenvalue weighted by Gasteiger charge is 2.18. The largest absolute Gasteiger partial charge is 0.497 e. The topological polar surface area (TPSA) is 79.8 Å². The van der Waals surface area contributed by atoms with Gasteiger partial charge in [-0.1, -0.05) is 24.3 Å². The first-order chi connectivity index (χ1) is 13.0. The molecular weight excluding hydrogens is 369 g/mol. The Kier molecular flexibility index (Phi) is 7.60. The second-order valence-corrected chi connectivity index (χ2v) is 7.85. The molecule has 2 rings (SSSR count). The molecule has 8 heteroatoms. The summed E-state index contributed by atoms with van der Waals surface area (Å²) in [6.45, 7) is 0.755. The molecule has 2 N–H and O–H groups in total. The number of sulfone groups is 1. The average molecular weight is 393 g/mol. The summed E-state index contributed by atoms with van der Waals surface area (Å²) < 4.78 is 43.2. The standard InChI is InChI=1S/C19H24FN3O3S/c1-21-19(22-12-11-15-7-9-16(26-2)10-8-15)23-13-14-27(24,25)18-6-4-3-5-17(18)20/h3-10H,11-14H2,1-2H3,(H2,21,22,23). The molecule has 0 aromatic heterocycles. The molecule has 0 saturated heterocycles. The average Bonchev–Trinajstić information content (AvgIpc) is 2.67. The van der Waals surface area contributed by atoms with Crippen molar-refractivity contribution in [3.8, 4) is 5.75 Å². The lowest BCUT2D eigenvalue weighted by atomic mass is 10.1. The number of aliphatic imine (C=N–C) groups is 1. The highest BCUT2D eigenvalue weighted by Crippen LogP contribution is 2.14. The maximum absolute atomic E-state index is 13.7. The third-order valence-electron chi connectivity index (χ3n) is 3.92. The van der Waals surface area contributed by atoms with E-state index in [4.69, 9.17) is 4.74 Å². The van der Waals surface area contributed by atoms with Crippen molar-refractivity contribution in [1.29, 1.82) is 0 Å². The fourth-order valence-electron chi connectivity index (χ4n) is 2.45. The van der Waals surface area contributed by atoms with Crippen LogP contribution in [0, 0.1) is 5.82 Å². The Hall–Kier alpha value is -2.61. The highest BCUT2D eigenvalue weighted by atomic mass is 32.2. The van der Waals surface area contributed by atoms with E-state index in [1.807, 2.05) is 24.3 Å². The number of ether oxygens (including phenoxy) is 1. The van der Waals surface area contributed by atoms with Crippen LogP contribution in [0.25, 0.3) is 0 Å². The first-order valence-electron chi connectivity index (χ1n) is 8.51. The summed E-state index contributed by atoms with van der Waals surface area (Å²) in [5.41, 5.74) is 1.14. The van der Waals surface area contributed by atoms with Gasteiger partial charge < -0.3 is 15.4 Å². The molecule has 0 fully saturated rings. The van der Waals surface area contributed by atoms with Gasteiger partial charge in [-0.2, -0.15) is 0 Å². The predicted molar refractivity (Wildman–Crippen MR) is 105 cm³/mol. The molecular formula is C19H24FN3O3S. The highest BCUT2D eigenvalue weighted by molar-refractivity contribution is 7.91. The third-order valence-corrected chi connectivity index (χ3v) is 5.67. The molecule has 0 aliphatic heterocycles. The summed E-state index contributed by atoms with van der Waals surface area (Å²) in [6.07, 6.45) is 0.776. The number of guanidine groups is 1. The molecule has 6 nitrogen and oxygen atoms in total. The molecule has 0 unspecified atom stereocenters. The summed E-state index contributed by atoms with van der Waals surface area (Å²) >= 11 is 0. The minimum atomic E-state index is -3.70. The lowest BCUT2D eigenvalue weighted by molar-refractivity contribution is 0.414. The van der Waals surface area contributed by atoms with Gasteiger partial charge in [-0.25, -0.2) is 12.8 Å². The Morgan fingerprint density at radius 1 is 1.07 bits per heavy atom. The second kappa shape index (κ2) is 9.91. The van der Waals surface area contributed by atoms with Gasteiger partial charge in [0.15, 0.2) is 15.8 Å². The SMILES string of the molecule is CN=C(NCCc1ccc(OC)cc1)NCCS(=O)(=O)c1ccccc1F. The predicted octanol–water partition coefficient (Wildman–Crippen LogP) is 2.02. The van der Waals surface area contributed by atoms with E-state index in [1.165, 1.54) is 18.2 Å². The van der Waals surface area contributed by atoms with Gasteiger partial charge in [0, 0.05) is 20.1 Å². The first kappa shape index (κ1) is 20.7. The zero-order chi connectivity index (χ0) is 19.7. The van der Waals surface area contributed by atoms with Crippen LogP contribution in [0.15, 0.2) is 58.4 Å². The Morgan fingerprint density at radius 3 is 2.37 bits per heavy atom. The second-order valence-electron chi connectivity index (χ2n) is 5.77. The normalized spacial score (nSPS) is 11.9. The molecule has 0 radical (unpaired) electrons. The van der Waals surface area contributed by atoms with Crippen LogP contribution >= 0.6 is 0 Å². The molecule has 0 spiro atoms. The molecule has 0 amide bonds. The van der Waals surface area contributed by atoms with E-state index in [9.17, 15) is 12.8 Å². The summed E-state index contributed by atoms with van der Waals surface area (Å²) in [6, 6.07) is 13.1. The number of methoxy groups -OCH3 is 1. The van der Waals surface area contributed by atoms with Crippen LogP contribution in [0.5, 0.6) is 5.75 Å². The maximum atomic E-state index is 13.7. The molecule has 0 heterocycles. The van der Waals surface area contributed by atoms with Crippen LogP contribution in [0.3, 0.4) is 0 Å². The van der Waals surface area contributed by atoms with Crippen molar-refractivity contribution in [2.24, 2.45) is 4.99 Å². The number of nitrogens with zero attached hydrogens (tertiary/aromatic N) is 1. The number of nitrogens with one attached hydrogen (secondary N) is 2. The van der Waals surface area contributed by atoms with Gasteiger partial charge in [-0.15, -0.1) is 0 Å². The van der Waals surface area contributed by atoms with Gasteiger partial charge in [0.2, 0.25) is 0 Å². The smallest absolute Gasteiger partial charge is 0.191 e. The van der Waals surface area contributed by atoms with Crippen LogP contribution < -0.4 is 15.4 Å². The first-order valence-corrected chi connectivity index (χ1v) is 10.2. The van der Waals surface area contributed by atoms with E-state index in [-0.39, 0.29) is 17.2 Å². The van der Waals surface area contributed by atoms with Crippen LogP contribution in [0.2, 0.25) is 0 Å². The van der Waals surface area contributed by atoms with Gasteiger partial charge in [-0.3, -0.25) is 4.99 Å². The third kappa shape index (κ3) is 6.25. The van der Waals surface area contributed by atoms with Crippen molar-refractivity contribution in [2.75, 3.05) is 33.0 Å². The van der Waals surface area contributed by atoms with E-state index in [0.717, 1.165) is 23.8 Å². The summed E-state index contributed by atoms with van der Waals surface area (Å²) in [5, 5.41) is 6.06. The van der Waals surface area contributed by atoms with E-state index >= 15 is 0 Å². The van der Waals surface area contributed by atoms with Crippen molar-refractivity contribution >= 4 is 15.8 Å². The Labute approximate surface area is 159 Å². The molecule has 2 aromatic carbocycles. The van der Waals surface area contributed by atoms with E-state index in [0.29, 0.717) is 12.5 Å². The molecule has 146 valence electrons. The van der Waals surface area contributed by atoms with Crippen molar-refractivity contribution in [2.45, 2.75) is 11.3 Å². The molecule has 0 bridgehead atoms. The quantitative estimate of drug-likeness (QED) is 0.530. The number of hydrogen-bond acceptors (Lipinski definition) is 4. The van der Waals surface area contributed by atoms with E-state index < -0.39 is 15.7 Å². The van der Waals surface area contributed by atoms with Gasteiger partial charge in [-0.05, 0) is 36.2 Å². The molecule has 0 saturated carbocycles. The van der Waals surface area contributed by atoms with E-state index in [2.05, 4.69) is 15.6 Å². The number of benzene rings is 2. The van der Waals surface area contributed by atoms with Crippen LogP contribution in [0.4, 0.5) is 4.39 Å². The Morgan fingerprint density at radius 2 is 1.74 bits per heavy atom. The number of rotatable bonds is 8. The molecule has 0 aliphatic rings. The number of hydrogen-bond donors (Lipinski definition) is 2. The maximum Gasteiger partial charge on any atom is 0.191 e. The number of halogens is 1. The van der Waals surface area contributed by atoms with Gasteiger partial charge in [0.25, 0.3) is 0 Å². The fraction of sp³-hybridized carbons (Fsp3) is 0.316. The van der Waals surface area contributed by atoms with Gasteiger partial charge in [0.05, 0.1) is 12.9 Å². The Balaban J connectivity index is 1.79. The van der Waals surface area contributed by atoms with Gasteiger partial charge in [0.1, 0.15) is 16.5 Å². The zero-order valence-electron chi connectivity index (χ0n) is 15.4. The van der Waals surface area contributed by atoms with Crippen LogP contribution in [0.1, 0.15) is 5.56 Å². The van der Waals surface area contributed by atoms with Crippen molar-refractivity contribution in [3.63, 3.8) is 0 Å². The lowest BCUT2D eigenvalue weighted by Gasteiger charge is -2.12. The minimum Gasteiger partial charge on any atom is -0.497 e. The lowest BCUT2D eigenvalue weighted by Crippen LogP contribution is -2.40. The minimum absolute atomic E-state index is 0.124. The molecule has 2 aromatic rings. The van der Waals surface area contributed by atoms with Crippen molar-refractivity contribution < 1.29 is 17.5 Å². The fourth-order valence-corrected chi connectivity index (χ4v) is 3.69. The van der Waals surface area contributed by atoms with Gasteiger partial charge >= 0.3 is 0 Å². The molecule has 0 aliphatic carbocycles. The summed E-state index contributed by atoms with van der Waals surface area (Å²) in [7, 11) is -0.468.